The van der Waals surface area contributed by atoms with Gasteiger partial charge in [-0.1, -0.05) is 0 Å². The third-order valence-electron chi connectivity index (χ3n) is 3.09. The van der Waals surface area contributed by atoms with Crippen molar-refractivity contribution >= 4 is 17.3 Å². The average Bonchev–Trinajstić information content (AvgIpc) is 2.67. The first-order valence-corrected chi connectivity index (χ1v) is 5.69. The first kappa shape index (κ1) is 12.6. The molecule has 4 N–H and O–H groups in total. The molecular formula is C12H15FN2O3. The number of aromatic carboxylic acids is 1. The van der Waals surface area contributed by atoms with Gasteiger partial charge in [0.1, 0.15) is 5.82 Å². The summed E-state index contributed by atoms with van der Waals surface area (Å²) >= 11 is 0. The minimum absolute atomic E-state index is 0.0234. The van der Waals surface area contributed by atoms with Crippen molar-refractivity contribution in [2.75, 3.05) is 17.7 Å². The van der Waals surface area contributed by atoms with Gasteiger partial charge in [0, 0.05) is 12.3 Å². The molecule has 1 heterocycles. The Morgan fingerprint density at radius 2 is 2.33 bits per heavy atom. The van der Waals surface area contributed by atoms with Crippen LogP contribution in [-0.2, 0) is 4.74 Å². The van der Waals surface area contributed by atoms with Crippen LogP contribution in [0.4, 0.5) is 15.8 Å². The predicted molar refractivity (Wildman–Crippen MR) is 65.2 cm³/mol. The lowest BCUT2D eigenvalue weighted by molar-refractivity contribution is 0.0698. The van der Waals surface area contributed by atoms with Gasteiger partial charge in [-0.25, -0.2) is 9.18 Å². The molecule has 1 aliphatic rings. The Kier molecular flexibility index (Phi) is 3.38. The fraction of sp³-hybridized carbons (Fsp3) is 0.417. The highest BCUT2D eigenvalue weighted by Crippen LogP contribution is 2.25. The van der Waals surface area contributed by atoms with Crippen LogP contribution in [0, 0.1) is 5.82 Å². The maximum atomic E-state index is 13.7. The van der Waals surface area contributed by atoms with Crippen molar-refractivity contribution in [3.05, 3.63) is 23.5 Å². The standard InChI is InChI=1S/C12H15FN2O3/c1-6-10(2-3-18-6)15-11-4-7(12(16)17)9(14)5-8(11)13/h4-6,10,15H,2-3,14H2,1H3,(H,16,17). The number of carboxylic acid groups (broad SMARTS) is 1. The first-order chi connectivity index (χ1) is 8.49. The van der Waals surface area contributed by atoms with E-state index in [1.54, 1.807) is 0 Å². The number of hydrogen-bond donors (Lipinski definition) is 3. The van der Waals surface area contributed by atoms with Gasteiger partial charge in [0.2, 0.25) is 0 Å². The van der Waals surface area contributed by atoms with E-state index in [-0.39, 0.29) is 29.1 Å². The van der Waals surface area contributed by atoms with Crippen molar-refractivity contribution in [1.29, 1.82) is 0 Å². The molecule has 1 aliphatic heterocycles. The van der Waals surface area contributed by atoms with Crippen molar-refractivity contribution in [2.24, 2.45) is 0 Å². The van der Waals surface area contributed by atoms with Crippen molar-refractivity contribution in [3.8, 4) is 0 Å². The second-order valence-corrected chi connectivity index (χ2v) is 4.34. The Balaban J connectivity index is 2.27. The average molecular weight is 254 g/mol. The molecule has 18 heavy (non-hydrogen) atoms. The van der Waals surface area contributed by atoms with Gasteiger partial charge in [-0.2, -0.15) is 0 Å². The third-order valence-corrected chi connectivity index (χ3v) is 3.09. The highest BCUT2D eigenvalue weighted by molar-refractivity contribution is 5.94. The minimum Gasteiger partial charge on any atom is -0.478 e. The van der Waals surface area contributed by atoms with Gasteiger partial charge in [-0.3, -0.25) is 0 Å². The fourth-order valence-corrected chi connectivity index (χ4v) is 2.01. The lowest BCUT2D eigenvalue weighted by atomic mass is 10.1. The fourth-order valence-electron chi connectivity index (χ4n) is 2.01. The zero-order chi connectivity index (χ0) is 13.3. The molecule has 0 spiro atoms. The highest BCUT2D eigenvalue weighted by Gasteiger charge is 2.25. The van der Waals surface area contributed by atoms with Crippen molar-refractivity contribution < 1.29 is 19.0 Å². The Morgan fingerprint density at radius 3 is 2.89 bits per heavy atom. The molecule has 1 fully saturated rings. The predicted octanol–water partition coefficient (Wildman–Crippen LogP) is 1.70. The molecular weight excluding hydrogens is 239 g/mol. The number of anilines is 2. The molecule has 0 bridgehead atoms. The molecule has 0 saturated carbocycles. The molecule has 0 radical (unpaired) electrons. The van der Waals surface area contributed by atoms with E-state index in [2.05, 4.69) is 5.32 Å². The van der Waals surface area contributed by atoms with Gasteiger partial charge in [0.25, 0.3) is 0 Å². The first-order valence-electron chi connectivity index (χ1n) is 5.69. The number of ether oxygens (including phenoxy) is 1. The molecule has 0 aliphatic carbocycles. The maximum Gasteiger partial charge on any atom is 0.337 e. The second-order valence-electron chi connectivity index (χ2n) is 4.34. The molecule has 1 aromatic rings. The van der Waals surface area contributed by atoms with Crippen LogP contribution < -0.4 is 11.1 Å². The van der Waals surface area contributed by atoms with Crippen LogP contribution in [0.3, 0.4) is 0 Å². The van der Waals surface area contributed by atoms with Gasteiger partial charge < -0.3 is 20.9 Å². The molecule has 98 valence electrons. The summed E-state index contributed by atoms with van der Waals surface area (Å²) in [6.45, 7) is 2.50. The van der Waals surface area contributed by atoms with Crippen molar-refractivity contribution in [3.63, 3.8) is 0 Å². The summed E-state index contributed by atoms with van der Waals surface area (Å²) < 4.78 is 19.1. The van der Waals surface area contributed by atoms with E-state index < -0.39 is 11.8 Å². The van der Waals surface area contributed by atoms with Crippen LogP contribution in [0.15, 0.2) is 12.1 Å². The summed E-state index contributed by atoms with van der Waals surface area (Å²) in [4.78, 5) is 10.9. The van der Waals surface area contributed by atoms with Gasteiger partial charge in [0.05, 0.1) is 23.4 Å². The zero-order valence-corrected chi connectivity index (χ0v) is 9.94. The van der Waals surface area contributed by atoms with E-state index in [1.165, 1.54) is 6.07 Å². The topological polar surface area (TPSA) is 84.6 Å². The lowest BCUT2D eigenvalue weighted by Gasteiger charge is -2.18. The SMILES string of the molecule is CC1OCCC1Nc1cc(C(=O)O)c(N)cc1F. The van der Waals surface area contributed by atoms with Crippen LogP contribution in [0.25, 0.3) is 0 Å². The molecule has 2 rings (SSSR count). The number of rotatable bonds is 3. The van der Waals surface area contributed by atoms with Crippen molar-refractivity contribution in [2.45, 2.75) is 25.5 Å². The number of benzene rings is 1. The molecule has 6 heteroatoms. The Labute approximate surface area is 104 Å². The second kappa shape index (κ2) is 4.81. The van der Waals surface area contributed by atoms with Crippen LogP contribution >= 0.6 is 0 Å². The highest BCUT2D eigenvalue weighted by atomic mass is 19.1. The summed E-state index contributed by atoms with van der Waals surface area (Å²) in [6.07, 6.45) is 0.725. The zero-order valence-electron chi connectivity index (χ0n) is 9.94. The molecule has 0 aromatic heterocycles. The number of nitrogens with two attached hydrogens (primary N) is 1. The Bertz CT molecular complexity index is 479. The lowest BCUT2D eigenvalue weighted by Crippen LogP contribution is -2.27. The van der Waals surface area contributed by atoms with E-state index in [0.717, 1.165) is 12.5 Å². The van der Waals surface area contributed by atoms with Gasteiger partial charge in [0.15, 0.2) is 0 Å². The molecule has 2 unspecified atom stereocenters. The van der Waals surface area contributed by atoms with Crippen molar-refractivity contribution in [1.82, 2.24) is 0 Å². The number of nitrogen functional groups attached to an aromatic ring is 1. The van der Waals surface area contributed by atoms with E-state index >= 15 is 0 Å². The molecule has 1 aromatic carbocycles. The minimum atomic E-state index is -1.17. The number of carbonyl (C=O) groups is 1. The molecule has 2 atom stereocenters. The molecule has 1 saturated heterocycles. The third kappa shape index (κ3) is 2.38. The van der Waals surface area contributed by atoms with Gasteiger partial charge in [-0.05, 0) is 25.5 Å². The van der Waals surface area contributed by atoms with E-state index in [9.17, 15) is 9.18 Å². The number of halogens is 1. The number of hydrogen-bond acceptors (Lipinski definition) is 4. The van der Waals surface area contributed by atoms with E-state index in [4.69, 9.17) is 15.6 Å². The monoisotopic (exact) mass is 254 g/mol. The van der Waals surface area contributed by atoms with E-state index in [0.29, 0.717) is 6.61 Å². The summed E-state index contributed by atoms with van der Waals surface area (Å²) in [5.41, 5.74) is 5.41. The van der Waals surface area contributed by atoms with Gasteiger partial charge in [-0.15, -0.1) is 0 Å². The molecule has 5 nitrogen and oxygen atoms in total. The number of carboxylic acids is 1. The summed E-state index contributed by atoms with van der Waals surface area (Å²) in [7, 11) is 0. The van der Waals surface area contributed by atoms with Crippen LogP contribution in [0.1, 0.15) is 23.7 Å². The van der Waals surface area contributed by atoms with Crippen LogP contribution in [0.2, 0.25) is 0 Å². The van der Waals surface area contributed by atoms with Crippen LogP contribution in [-0.4, -0.2) is 29.8 Å². The largest absolute Gasteiger partial charge is 0.478 e. The Morgan fingerprint density at radius 1 is 1.61 bits per heavy atom. The quantitative estimate of drug-likeness (QED) is 0.715. The normalized spacial score (nSPS) is 23.0. The summed E-state index contributed by atoms with van der Waals surface area (Å²) in [6, 6.07) is 2.22. The summed E-state index contributed by atoms with van der Waals surface area (Å²) in [5, 5.41) is 11.9. The smallest absolute Gasteiger partial charge is 0.337 e. The summed E-state index contributed by atoms with van der Waals surface area (Å²) in [5.74, 6) is -1.73. The van der Waals surface area contributed by atoms with Crippen LogP contribution in [0.5, 0.6) is 0 Å². The van der Waals surface area contributed by atoms with Gasteiger partial charge >= 0.3 is 5.97 Å². The molecule has 0 amide bonds. The maximum absolute atomic E-state index is 13.7. The number of nitrogens with one attached hydrogen (secondary N) is 1. The van der Waals surface area contributed by atoms with E-state index in [1.807, 2.05) is 6.92 Å². The Hall–Kier alpha value is -1.82.